The molecule has 0 spiro atoms. The minimum Gasteiger partial charge on any atom is -0.467 e. The largest absolute Gasteiger partial charge is 0.467 e. The molecule has 2 aromatic rings. The van der Waals surface area contributed by atoms with Gasteiger partial charge in [0.2, 0.25) is 0 Å². The molecule has 0 bridgehead atoms. The van der Waals surface area contributed by atoms with Crippen LogP contribution in [0.4, 0.5) is 15.3 Å². The monoisotopic (exact) mass is 643 g/mol. The molecule has 2 amide bonds. The number of methoxy groups -OCH3 is 1. The van der Waals surface area contributed by atoms with Gasteiger partial charge in [0.25, 0.3) is 0 Å². The van der Waals surface area contributed by atoms with Crippen molar-refractivity contribution in [2.24, 2.45) is 0 Å². The summed E-state index contributed by atoms with van der Waals surface area (Å²) in [6.07, 6.45) is -1.72. The quantitative estimate of drug-likeness (QED) is 0.279. The fourth-order valence-electron chi connectivity index (χ4n) is 3.09. The lowest BCUT2D eigenvalue weighted by molar-refractivity contribution is 0.0430. The summed E-state index contributed by atoms with van der Waals surface area (Å²) in [4.78, 5) is 26.9. The van der Waals surface area contributed by atoms with E-state index in [1.54, 1.807) is 66.9 Å². The third-order valence-electron chi connectivity index (χ3n) is 4.55. The second-order valence-electron chi connectivity index (χ2n) is 10.5. The van der Waals surface area contributed by atoms with Gasteiger partial charge in [0, 0.05) is 12.7 Å². The first-order valence-electron chi connectivity index (χ1n) is 11.7. The second-order valence-corrected chi connectivity index (χ2v) is 12.3. The van der Waals surface area contributed by atoms with E-state index < -0.39 is 23.4 Å². The van der Waals surface area contributed by atoms with Gasteiger partial charge in [-0.15, -0.1) is 0 Å². The van der Waals surface area contributed by atoms with E-state index in [-0.39, 0.29) is 18.4 Å². The summed E-state index contributed by atoms with van der Waals surface area (Å²) in [5.41, 5.74) is -0.440. The molecule has 0 aromatic heterocycles. The molecular weight excluding hydrogens is 610 g/mol. The van der Waals surface area contributed by atoms with Crippen molar-refractivity contribution in [3.63, 3.8) is 0 Å². The van der Waals surface area contributed by atoms with Crippen LogP contribution in [0.2, 0.25) is 0 Å². The number of rotatable bonds is 7. The molecule has 0 fully saturated rings. The van der Waals surface area contributed by atoms with Crippen molar-refractivity contribution < 1.29 is 33.3 Å². The third-order valence-corrected chi connectivity index (χ3v) is 5.73. The average Bonchev–Trinajstić information content (AvgIpc) is 2.72. The van der Waals surface area contributed by atoms with E-state index >= 15 is 0 Å². The van der Waals surface area contributed by atoms with Crippen LogP contribution in [0, 0.1) is 0 Å². The van der Waals surface area contributed by atoms with Crippen molar-refractivity contribution in [3.8, 4) is 17.2 Å². The van der Waals surface area contributed by atoms with E-state index in [1.807, 2.05) is 12.1 Å². The number of anilines is 1. The molecule has 0 saturated carbocycles. The average molecular weight is 645 g/mol. The van der Waals surface area contributed by atoms with Crippen molar-refractivity contribution in [2.75, 3.05) is 18.8 Å². The maximum Gasteiger partial charge on any atom is 0.424 e. The van der Waals surface area contributed by atoms with Crippen molar-refractivity contribution in [3.05, 3.63) is 44.8 Å². The molecular formula is C27H35Br2NO7. The third kappa shape index (κ3) is 9.19. The highest BCUT2D eigenvalue weighted by Crippen LogP contribution is 2.42. The summed E-state index contributed by atoms with van der Waals surface area (Å²) in [5, 5.41) is 0. The number of hydrogen-bond acceptors (Lipinski definition) is 7. The van der Waals surface area contributed by atoms with Gasteiger partial charge in [-0.2, -0.15) is 4.90 Å². The van der Waals surface area contributed by atoms with Gasteiger partial charge < -0.3 is 23.7 Å². The van der Waals surface area contributed by atoms with Crippen LogP contribution >= 0.6 is 31.9 Å². The predicted octanol–water partition coefficient (Wildman–Crippen LogP) is 8.79. The van der Waals surface area contributed by atoms with Crippen LogP contribution in [0.25, 0.3) is 0 Å². The van der Waals surface area contributed by atoms with Crippen LogP contribution in [-0.4, -0.2) is 37.3 Å². The molecule has 0 aliphatic heterocycles. The van der Waals surface area contributed by atoms with Gasteiger partial charge in [0.1, 0.15) is 22.7 Å². The van der Waals surface area contributed by atoms with Crippen molar-refractivity contribution in [1.82, 2.24) is 0 Å². The fraction of sp³-hybridized carbons (Fsp3) is 0.481. The number of hydrogen-bond donors (Lipinski definition) is 0. The molecule has 10 heteroatoms. The molecule has 0 saturated heterocycles. The first-order valence-corrected chi connectivity index (χ1v) is 13.3. The Bertz CT molecular complexity index is 1070. The van der Waals surface area contributed by atoms with Gasteiger partial charge in [-0.3, -0.25) is 0 Å². The Hall–Kier alpha value is -2.30. The van der Waals surface area contributed by atoms with E-state index in [1.165, 1.54) is 0 Å². The number of nitrogens with zero attached hydrogens (tertiary/aromatic N) is 1. The number of imide groups is 1. The summed E-state index contributed by atoms with van der Waals surface area (Å²) < 4.78 is 28.8. The van der Waals surface area contributed by atoms with E-state index in [0.29, 0.717) is 26.2 Å². The number of carbonyl (C=O) groups excluding carboxylic acids is 2. The number of amides is 2. The minimum absolute atomic E-state index is 0.143. The second kappa shape index (κ2) is 12.5. The molecule has 8 nitrogen and oxygen atoms in total. The zero-order valence-corrected chi connectivity index (χ0v) is 25.9. The SMILES string of the molecule is COCOc1ccc(Oc2c(Br)cc(N(C(=O)OC(C)(C)C)C(=O)OC(C)(C)C)cc2Br)cc1C(C)C. The lowest BCUT2D eigenvalue weighted by atomic mass is 10.0. The Morgan fingerprint density at radius 1 is 0.892 bits per heavy atom. The summed E-state index contributed by atoms with van der Waals surface area (Å²) in [7, 11) is 1.57. The number of halogens is 2. The minimum atomic E-state index is -0.859. The molecule has 0 aliphatic rings. The Morgan fingerprint density at radius 3 is 1.84 bits per heavy atom. The molecule has 0 unspecified atom stereocenters. The summed E-state index contributed by atoms with van der Waals surface area (Å²) >= 11 is 7.03. The summed E-state index contributed by atoms with van der Waals surface area (Å²) in [5.74, 6) is 1.93. The Morgan fingerprint density at radius 2 is 1.41 bits per heavy atom. The van der Waals surface area contributed by atoms with Crippen LogP contribution in [0.1, 0.15) is 66.9 Å². The van der Waals surface area contributed by atoms with E-state index in [4.69, 9.17) is 23.7 Å². The van der Waals surface area contributed by atoms with Gasteiger partial charge in [0.15, 0.2) is 12.5 Å². The number of ether oxygens (including phenoxy) is 5. The highest BCUT2D eigenvalue weighted by atomic mass is 79.9. The maximum absolute atomic E-state index is 13.0. The van der Waals surface area contributed by atoms with E-state index in [0.717, 1.165) is 10.5 Å². The molecule has 0 aliphatic carbocycles. The van der Waals surface area contributed by atoms with Crippen LogP contribution in [0.15, 0.2) is 39.3 Å². The smallest absolute Gasteiger partial charge is 0.424 e. The van der Waals surface area contributed by atoms with Crippen LogP contribution in [-0.2, 0) is 14.2 Å². The van der Waals surface area contributed by atoms with E-state index in [2.05, 4.69) is 45.7 Å². The van der Waals surface area contributed by atoms with Gasteiger partial charge >= 0.3 is 12.2 Å². The van der Waals surface area contributed by atoms with Gasteiger partial charge in [0.05, 0.1) is 14.6 Å². The maximum atomic E-state index is 13.0. The molecule has 0 atom stereocenters. The van der Waals surface area contributed by atoms with E-state index in [9.17, 15) is 9.59 Å². The molecule has 0 heterocycles. The summed E-state index contributed by atoms with van der Waals surface area (Å²) in [6.45, 7) is 14.6. The van der Waals surface area contributed by atoms with Crippen molar-refractivity contribution in [1.29, 1.82) is 0 Å². The van der Waals surface area contributed by atoms with Crippen LogP contribution in [0.5, 0.6) is 17.2 Å². The van der Waals surface area contributed by atoms with Crippen molar-refractivity contribution in [2.45, 2.75) is 72.5 Å². The first kappa shape index (κ1) is 30.9. The van der Waals surface area contributed by atoms with Gasteiger partial charge in [-0.25, -0.2) is 9.59 Å². The molecule has 0 radical (unpaired) electrons. The lowest BCUT2D eigenvalue weighted by Gasteiger charge is -2.29. The Balaban J connectivity index is 2.45. The first-order chi connectivity index (χ1) is 17.0. The number of benzene rings is 2. The highest BCUT2D eigenvalue weighted by Gasteiger charge is 2.33. The molecule has 37 heavy (non-hydrogen) atoms. The molecule has 204 valence electrons. The van der Waals surface area contributed by atoms with Gasteiger partial charge in [-0.1, -0.05) is 13.8 Å². The molecule has 0 N–H and O–H groups in total. The van der Waals surface area contributed by atoms with Crippen molar-refractivity contribution >= 4 is 49.7 Å². The highest BCUT2D eigenvalue weighted by molar-refractivity contribution is 9.11. The topological polar surface area (TPSA) is 83.5 Å². The normalized spacial score (nSPS) is 11.8. The predicted molar refractivity (Wildman–Crippen MR) is 150 cm³/mol. The standard InChI is InChI=1S/C27H35Br2NO7/c1-16(2)19-14-18(10-11-22(19)34-15-33-9)35-23-20(28)12-17(13-21(23)29)30(24(31)36-26(3,4)5)25(32)37-27(6,7)8/h10-14,16H,15H2,1-9H3. The summed E-state index contributed by atoms with van der Waals surface area (Å²) in [6, 6.07) is 8.70. The number of carbonyl (C=O) groups is 2. The zero-order valence-electron chi connectivity index (χ0n) is 22.7. The Labute approximate surface area is 235 Å². The van der Waals surface area contributed by atoms with Crippen LogP contribution < -0.4 is 14.4 Å². The molecule has 2 aromatic carbocycles. The lowest BCUT2D eigenvalue weighted by Crippen LogP contribution is -2.43. The fourth-order valence-corrected chi connectivity index (χ4v) is 4.41. The van der Waals surface area contributed by atoms with Gasteiger partial charge in [-0.05, 0) is 110 Å². The Kier molecular flexibility index (Phi) is 10.4. The van der Waals surface area contributed by atoms with Crippen LogP contribution in [0.3, 0.4) is 0 Å². The zero-order chi connectivity index (χ0) is 28.1. The molecule has 2 rings (SSSR count).